The van der Waals surface area contributed by atoms with E-state index in [1.54, 1.807) is 18.2 Å². The average Bonchev–Trinajstić information content (AvgIpc) is 3.55. The SMILES string of the molecule is [B]C([B])([B])NC(=O)c1nnc(NC(=O)C2CC2)cc1Nc1cccc(-c2nc(CC)no2)c1OC. The van der Waals surface area contributed by atoms with Crippen LogP contribution in [0, 0.1) is 5.92 Å². The zero-order valence-corrected chi connectivity index (χ0v) is 19.2. The summed E-state index contributed by atoms with van der Waals surface area (Å²) in [5, 5.41) is 17.8. The Kier molecular flexibility index (Phi) is 6.81. The minimum atomic E-state index is -1.98. The summed E-state index contributed by atoms with van der Waals surface area (Å²) in [7, 11) is 18.0. The summed E-state index contributed by atoms with van der Waals surface area (Å²) in [5.41, 5.74) is 0.994. The van der Waals surface area contributed by atoms with Gasteiger partial charge in [-0.25, -0.2) is 0 Å². The highest BCUT2D eigenvalue weighted by Crippen LogP contribution is 2.38. The molecule has 3 aromatic rings. The number of aryl methyl sites for hydroxylation is 1. The van der Waals surface area contributed by atoms with Crippen LogP contribution in [-0.4, -0.2) is 68.0 Å². The van der Waals surface area contributed by atoms with Crippen LogP contribution in [0.15, 0.2) is 28.8 Å². The smallest absolute Gasteiger partial charge is 0.272 e. The molecule has 0 unspecified atom stereocenters. The molecule has 1 fully saturated rings. The van der Waals surface area contributed by atoms with Gasteiger partial charge < -0.3 is 25.2 Å². The van der Waals surface area contributed by atoms with Gasteiger partial charge in [-0.2, -0.15) is 4.98 Å². The normalized spacial score (nSPS) is 13.2. The lowest BCUT2D eigenvalue weighted by Gasteiger charge is -2.23. The maximum Gasteiger partial charge on any atom is 0.272 e. The Hall–Kier alpha value is -3.83. The fraction of sp³-hybridized carbons (Fsp3) is 0.333. The van der Waals surface area contributed by atoms with E-state index in [0.29, 0.717) is 29.2 Å². The number of carbonyl (C=O) groups is 2. The Bertz CT molecular complexity index is 1260. The van der Waals surface area contributed by atoms with Crippen molar-refractivity contribution in [3.63, 3.8) is 0 Å². The number of rotatable bonds is 9. The second kappa shape index (κ2) is 9.81. The molecular formula is C21H20B3N7O4. The third-order valence-electron chi connectivity index (χ3n) is 5.04. The topological polar surface area (TPSA) is 144 Å². The van der Waals surface area contributed by atoms with Crippen LogP contribution in [-0.2, 0) is 11.2 Å². The molecule has 0 saturated heterocycles. The summed E-state index contributed by atoms with van der Waals surface area (Å²) < 4.78 is 11.0. The second-order valence-electron chi connectivity index (χ2n) is 8.02. The highest BCUT2D eigenvalue weighted by Gasteiger charge is 2.30. The number of anilines is 3. The first-order valence-electron chi connectivity index (χ1n) is 10.8. The van der Waals surface area contributed by atoms with Gasteiger partial charge in [0.05, 0.1) is 47.6 Å². The number of ether oxygens (including phenoxy) is 1. The van der Waals surface area contributed by atoms with Gasteiger partial charge in [0.15, 0.2) is 23.1 Å². The number of nitrogens with zero attached hydrogens (tertiary/aromatic N) is 4. The fourth-order valence-electron chi connectivity index (χ4n) is 3.22. The number of nitrogens with one attached hydrogen (secondary N) is 3. The van der Waals surface area contributed by atoms with E-state index in [1.165, 1.54) is 13.2 Å². The van der Waals surface area contributed by atoms with Crippen LogP contribution in [0.1, 0.15) is 36.1 Å². The molecule has 1 aliphatic rings. The summed E-state index contributed by atoms with van der Waals surface area (Å²) in [6.45, 7) is 1.91. The average molecular weight is 467 g/mol. The van der Waals surface area contributed by atoms with Crippen molar-refractivity contribution in [2.24, 2.45) is 5.92 Å². The van der Waals surface area contributed by atoms with E-state index < -0.39 is 11.1 Å². The van der Waals surface area contributed by atoms with Gasteiger partial charge in [-0.15, -0.1) is 10.2 Å². The van der Waals surface area contributed by atoms with Gasteiger partial charge >= 0.3 is 0 Å². The molecule has 2 amide bonds. The van der Waals surface area contributed by atoms with E-state index in [1.807, 2.05) is 6.92 Å². The van der Waals surface area contributed by atoms with Gasteiger partial charge in [0.1, 0.15) is 0 Å². The second-order valence-corrected chi connectivity index (χ2v) is 8.02. The Balaban J connectivity index is 1.72. The van der Waals surface area contributed by atoms with Gasteiger partial charge in [-0.05, 0) is 25.0 Å². The molecule has 0 aliphatic heterocycles. The summed E-state index contributed by atoms with van der Waals surface area (Å²) in [6.07, 6.45) is 2.23. The number of carbonyl (C=O) groups excluding carboxylic acids is 2. The molecule has 35 heavy (non-hydrogen) atoms. The number of para-hydroxylation sites is 1. The number of benzene rings is 1. The summed E-state index contributed by atoms with van der Waals surface area (Å²) in [4.78, 5) is 29.3. The molecule has 0 bridgehead atoms. The van der Waals surface area contributed by atoms with E-state index in [4.69, 9.17) is 32.8 Å². The first-order valence-corrected chi connectivity index (χ1v) is 10.8. The fourth-order valence-corrected chi connectivity index (χ4v) is 3.22. The zero-order chi connectivity index (χ0) is 25.2. The number of aromatic nitrogens is 4. The van der Waals surface area contributed by atoms with Crippen LogP contribution in [0.2, 0.25) is 0 Å². The Morgan fingerprint density at radius 2 is 1.97 bits per heavy atom. The Labute approximate surface area is 205 Å². The maximum absolute atomic E-state index is 12.8. The molecule has 172 valence electrons. The van der Waals surface area contributed by atoms with Crippen molar-refractivity contribution < 1.29 is 18.8 Å². The molecule has 1 aromatic carbocycles. The van der Waals surface area contributed by atoms with Crippen LogP contribution in [0.5, 0.6) is 5.75 Å². The van der Waals surface area contributed by atoms with Crippen molar-refractivity contribution in [2.75, 3.05) is 17.7 Å². The van der Waals surface area contributed by atoms with Crippen molar-refractivity contribution in [1.29, 1.82) is 0 Å². The molecule has 0 atom stereocenters. The van der Waals surface area contributed by atoms with Crippen molar-refractivity contribution in [3.8, 4) is 17.2 Å². The monoisotopic (exact) mass is 467 g/mol. The van der Waals surface area contributed by atoms with Crippen LogP contribution in [0.3, 0.4) is 0 Å². The van der Waals surface area contributed by atoms with Crippen LogP contribution < -0.4 is 20.7 Å². The molecule has 6 radical (unpaired) electrons. The van der Waals surface area contributed by atoms with Crippen molar-refractivity contribution in [2.45, 2.75) is 31.4 Å². The van der Waals surface area contributed by atoms with Crippen molar-refractivity contribution in [1.82, 2.24) is 25.7 Å². The highest BCUT2D eigenvalue weighted by atomic mass is 16.5. The van der Waals surface area contributed by atoms with E-state index >= 15 is 0 Å². The summed E-state index contributed by atoms with van der Waals surface area (Å²) >= 11 is 0. The minimum Gasteiger partial charge on any atom is -0.494 e. The first-order chi connectivity index (χ1) is 16.7. The largest absolute Gasteiger partial charge is 0.494 e. The predicted molar refractivity (Wildman–Crippen MR) is 130 cm³/mol. The lowest BCUT2D eigenvalue weighted by atomic mass is 9.49. The minimum absolute atomic E-state index is 0.0530. The van der Waals surface area contributed by atoms with E-state index in [9.17, 15) is 9.59 Å². The highest BCUT2D eigenvalue weighted by molar-refractivity contribution is 6.60. The Morgan fingerprint density at radius 3 is 2.60 bits per heavy atom. The first kappa shape index (κ1) is 24.3. The van der Waals surface area contributed by atoms with Crippen LogP contribution in [0.4, 0.5) is 17.2 Å². The quantitative estimate of drug-likeness (QED) is 0.394. The van der Waals surface area contributed by atoms with Gasteiger partial charge in [0.2, 0.25) is 5.91 Å². The molecule has 4 rings (SSSR count). The molecule has 2 heterocycles. The van der Waals surface area contributed by atoms with Gasteiger partial charge in [0, 0.05) is 18.4 Å². The van der Waals surface area contributed by atoms with Crippen molar-refractivity contribution in [3.05, 3.63) is 35.8 Å². The van der Waals surface area contributed by atoms with E-state index in [0.717, 1.165) is 12.8 Å². The number of amides is 2. The van der Waals surface area contributed by atoms with Crippen LogP contribution >= 0.6 is 0 Å². The Morgan fingerprint density at radius 1 is 1.20 bits per heavy atom. The van der Waals surface area contributed by atoms with Gasteiger partial charge in [-0.1, -0.05) is 23.4 Å². The predicted octanol–water partition coefficient (Wildman–Crippen LogP) is 1.04. The standard InChI is InChI=1S/C21H20B3N7O4/c1-3-14-27-20(35-31-14)11-5-4-6-12(17(11)34-2)25-13-9-15(26-18(32)10-7-8-10)29-30-16(13)19(33)28-21(22,23)24/h4-6,9-10H,3,7-8H2,1-2H3,(H,28,33)(H2,25,26,29,32). The number of methoxy groups -OCH3 is 1. The maximum atomic E-state index is 12.8. The van der Waals surface area contributed by atoms with Crippen LogP contribution in [0.25, 0.3) is 11.5 Å². The molecule has 0 spiro atoms. The zero-order valence-electron chi connectivity index (χ0n) is 19.2. The molecular weight excluding hydrogens is 447 g/mol. The molecule has 11 nitrogen and oxygen atoms in total. The number of hydrogen-bond donors (Lipinski definition) is 3. The van der Waals surface area contributed by atoms with E-state index in [-0.39, 0.29) is 34.9 Å². The lowest BCUT2D eigenvalue weighted by Crippen LogP contribution is -2.50. The molecule has 3 N–H and O–H groups in total. The third kappa shape index (κ3) is 5.82. The molecule has 2 aromatic heterocycles. The molecule has 1 aliphatic carbocycles. The molecule has 1 saturated carbocycles. The molecule has 14 heteroatoms. The van der Waals surface area contributed by atoms with E-state index in [2.05, 4.69) is 36.3 Å². The number of hydrogen-bond acceptors (Lipinski definition) is 9. The summed E-state index contributed by atoms with van der Waals surface area (Å²) in [6, 6.07) is 6.66. The van der Waals surface area contributed by atoms with Crippen molar-refractivity contribution >= 4 is 52.5 Å². The summed E-state index contributed by atoms with van der Waals surface area (Å²) in [5.74, 6) is 0.327. The van der Waals surface area contributed by atoms with Gasteiger partial charge in [0.25, 0.3) is 11.8 Å². The lowest BCUT2D eigenvalue weighted by molar-refractivity contribution is -0.117. The van der Waals surface area contributed by atoms with Gasteiger partial charge in [-0.3, -0.25) is 9.59 Å². The third-order valence-corrected chi connectivity index (χ3v) is 5.04.